The Bertz CT molecular complexity index is 1450. The molecule has 0 saturated carbocycles. The molecule has 0 spiro atoms. The first kappa shape index (κ1) is 27.6. The minimum atomic E-state index is -1.63. The maximum atomic E-state index is 13.5. The predicted octanol–water partition coefficient (Wildman–Crippen LogP) is 5.44. The number of nitrogens with zero attached hydrogens (tertiary/aromatic N) is 6. The van der Waals surface area contributed by atoms with Gasteiger partial charge in [-0.1, -0.05) is 110 Å². The summed E-state index contributed by atoms with van der Waals surface area (Å²) in [6, 6.07) is 27.5. The van der Waals surface area contributed by atoms with Crippen LogP contribution in [0.1, 0.15) is 42.3 Å². The minimum Gasteiger partial charge on any atom is -0.447 e. The summed E-state index contributed by atoms with van der Waals surface area (Å²) < 4.78 is 6.98. The predicted molar refractivity (Wildman–Crippen MR) is 152 cm³/mol. The maximum Gasteiger partial charge on any atom is 0.416 e. The highest BCUT2D eigenvalue weighted by atomic mass is 16.6. The molecule has 1 saturated heterocycles. The van der Waals surface area contributed by atoms with Crippen molar-refractivity contribution in [2.24, 2.45) is 11.0 Å². The fraction of sp³-hybridized carbons (Fsp3) is 0.258. The molecule has 1 aliphatic heterocycles. The van der Waals surface area contributed by atoms with Crippen molar-refractivity contribution >= 4 is 12.0 Å². The van der Waals surface area contributed by atoms with Crippen molar-refractivity contribution in [2.75, 3.05) is 6.61 Å². The van der Waals surface area contributed by atoms with Crippen molar-refractivity contribution < 1.29 is 19.4 Å². The lowest BCUT2D eigenvalue weighted by atomic mass is 9.77. The Morgan fingerprint density at radius 1 is 1.00 bits per heavy atom. The van der Waals surface area contributed by atoms with E-state index in [1.54, 1.807) is 12.5 Å². The third kappa shape index (κ3) is 4.95. The first-order valence-electron chi connectivity index (χ1n) is 13.3. The van der Waals surface area contributed by atoms with Crippen LogP contribution in [0.25, 0.3) is 10.4 Å². The van der Waals surface area contributed by atoms with E-state index in [4.69, 9.17) is 4.74 Å². The summed E-state index contributed by atoms with van der Waals surface area (Å²) in [5.41, 5.74) is 11.3. The summed E-state index contributed by atoms with van der Waals surface area (Å²) >= 11 is 0. The third-order valence-corrected chi connectivity index (χ3v) is 7.51. The van der Waals surface area contributed by atoms with Crippen LogP contribution in [-0.2, 0) is 15.1 Å². The molecule has 1 fully saturated rings. The molecular weight excluding hydrogens is 520 g/mol. The largest absolute Gasteiger partial charge is 0.447 e. The number of aliphatic hydroxyl groups excluding tert-OH is 1. The molecule has 0 unspecified atom stereocenters. The molecule has 1 N–H and O–H groups in total. The Kier molecular flexibility index (Phi) is 7.87. The van der Waals surface area contributed by atoms with Crippen molar-refractivity contribution in [1.82, 2.24) is 14.5 Å². The zero-order chi connectivity index (χ0) is 29.0. The summed E-state index contributed by atoms with van der Waals surface area (Å²) in [6.45, 7) is 3.73. The first-order chi connectivity index (χ1) is 19.9. The average molecular weight is 551 g/mol. The second kappa shape index (κ2) is 11.7. The van der Waals surface area contributed by atoms with Crippen LogP contribution in [0.2, 0.25) is 0 Å². The van der Waals surface area contributed by atoms with Crippen molar-refractivity contribution in [1.29, 1.82) is 0 Å². The normalized spacial score (nSPS) is 16.6. The van der Waals surface area contributed by atoms with Crippen LogP contribution < -0.4 is 0 Å². The van der Waals surface area contributed by atoms with Gasteiger partial charge in [-0.05, 0) is 28.1 Å². The molecular formula is C31H30N6O4. The van der Waals surface area contributed by atoms with Crippen LogP contribution in [0, 0.1) is 5.92 Å². The van der Waals surface area contributed by atoms with Crippen LogP contribution in [0.4, 0.5) is 4.79 Å². The Morgan fingerprint density at radius 3 is 1.98 bits per heavy atom. The number of imide groups is 1. The van der Waals surface area contributed by atoms with Crippen LogP contribution >= 0.6 is 0 Å². The van der Waals surface area contributed by atoms with Gasteiger partial charge in [0.1, 0.15) is 24.3 Å². The minimum absolute atomic E-state index is 0.0314. The highest BCUT2D eigenvalue weighted by Gasteiger charge is 2.45. The summed E-state index contributed by atoms with van der Waals surface area (Å²) in [5, 5.41) is 15.0. The molecule has 3 aromatic carbocycles. The van der Waals surface area contributed by atoms with E-state index in [1.165, 1.54) is 0 Å². The number of benzene rings is 3. The Balaban J connectivity index is 1.63. The highest BCUT2D eigenvalue weighted by molar-refractivity contribution is 5.97. The van der Waals surface area contributed by atoms with E-state index in [0.29, 0.717) is 0 Å². The molecule has 0 aliphatic carbocycles. The van der Waals surface area contributed by atoms with Crippen LogP contribution in [0.15, 0.2) is 109 Å². The quantitative estimate of drug-likeness (QED) is 0.128. The summed E-state index contributed by atoms with van der Waals surface area (Å²) in [5.74, 6) is -0.941. The summed E-state index contributed by atoms with van der Waals surface area (Å²) in [6.07, 6.45) is 0.777. The standard InChI is InChI=1S/C31H30N6O4/c1-21(2)26-19-41-30(40)37(26)29(39)27(34-35-32)28(38)25-18-36(20-33-25)31(22-12-6-3-7-13-22,23-14-8-4-9-15-23)24-16-10-5-11-17-24/h3-18,20-21,26-28,38H,19H2,1-2H3/t26-,27-,28-/m0/s1. The molecule has 208 valence electrons. The lowest BCUT2D eigenvalue weighted by molar-refractivity contribution is -0.133. The smallest absolute Gasteiger partial charge is 0.416 e. The molecule has 5 rings (SSSR count). The number of azide groups is 1. The number of rotatable bonds is 9. The van der Waals surface area contributed by atoms with E-state index >= 15 is 0 Å². The van der Waals surface area contributed by atoms with Gasteiger partial charge >= 0.3 is 6.09 Å². The van der Waals surface area contributed by atoms with Crippen molar-refractivity contribution in [2.45, 2.75) is 37.6 Å². The van der Waals surface area contributed by atoms with E-state index in [0.717, 1.165) is 21.6 Å². The fourth-order valence-corrected chi connectivity index (χ4v) is 5.45. The van der Waals surface area contributed by atoms with Crippen molar-refractivity contribution in [3.8, 4) is 0 Å². The number of hydrogen-bond donors (Lipinski definition) is 1. The monoisotopic (exact) mass is 550 g/mol. The Morgan fingerprint density at radius 2 is 1.51 bits per heavy atom. The van der Waals surface area contributed by atoms with Gasteiger partial charge in [0.2, 0.25) is 5.91 Å². The van der Waals surface area contributed by atoms with Crippen LogP contribution in [-0.4, -0.2) is 50.2 Å². The number of hydrogen-bond acceptors (Lipinski definition) is 6. The maximum absolute atomic E-state index is 13.5. The number of carbonyl (C=O) groups is 2. The van der Waals surface area contributed by atoms with E-state index in [9.17, 15) is 20.2 Å². The number of cyclic esters (lactones) is 1. The van der Waals surface area contributed by atoms with Gasteiger partial charge in [-0.2, -0.15) is 0 Å². The number of amides is 2. The van der Waals surface area contributed by atoms with E-state index in [2.05, 4.69) is 15.0 Å². The zero-order valence-electron chi connectivity index (χ0n) is 22.7. The number of aliphatic hydroxyl groups is 1. The molecule has 1 aliphatic rings. The molecule has 41 heavy (non-hydrogen) atoms. The number of imidazole rings is 1. The van der Waals surface area contributed by atoms with E-state index in [1.807, 2.05) is 109 Å². The van der Waals surface area contributed by atoms with Gasteiger partial charge in [-0.15, -0.1) is 0 Å². The van der Waals surface area contributed by atoms with Crippen LogP contribution in [0.3, 0.4) is 0 Å². The molecule has 0 radical (unpaired) electrons. The van der Waals surface area contributed by atoms with Crippen LogP contribution in [0.5, 0.6) is 0 Å². The molecule has 10 nitrogen and oxygen atoms in total. The van der Waals surface area contributed by atoms with Gasteiger partial charge < -0.3 is 14.4 Å². The van der Waals surface area contributed by atoms with E-state index in [-0.39, 0.29) is 18.2 Å². The Hall–Kier alpha value is -4.92. The second-order valence-corrected chi connectivity index (χ2v) is 10.2. The second-order valence-electron chi connectivity index (χ2n) is 10.2. The molecule has 1 aromatic heterocycles. The number of carbonyl (C=O) groups excluding carboxylic acids is 2. The molecule has 10 heteroatoms. The van der Waals surface area contributed by atoms with Gasteiger partial charge in [0.25, 0.3) is 0 Å². The fourth-order valence-electron chi connectivity index (χ4n) is 5.45. The third-order valence-electron chi connectivity index (χ3n) is 7.51. The number of aromatic nitrogens is 2. The van der Waals surface area contributed by atoms with Gasteiger partial charge in [-0.25, -0.2) is 14.7 Å². The summed E-state index contributed by atoms with van der Waals surface area (Å²) in [4.78, 5) is 34.2. The molecule has 2 heterocycles. The topological polar surface area (TPSA) is 133 Å². The average Bonchev–Trinajstić information content (AvgIpc) is 3.65. The summed E-state index contributed by atoms with van der Waals surface area (Å²) in [7, 11) is 0. The highest BCUT2D eigenvalue weighted by Crippen LogP contribution is 2.41. The SMILES string of the molecule is CC(C)[C@@H]1COC(=O)N1C(=O)[C@@H](N=[N+]=[N-])[C@@H](O)c1cn(C(c2ccccc2)(c2ccccc2)c2ccccc2)cn1. The van der Waals surface area contributed by atoms with Gasteiger partial charge in [-0.3, -0.25) is 4.79 Å². The Labute approximate surface area is 237 Å². The molecule has 2 amide bonds. The molecule has 3 atom stereocenters. The van der Waals surface area contributed by atoms with Gasteiger partial charge in [0.05, 0.1) is 18.1 Å². The lowest BCUT2D eigenvalue weighted by Crippen LogP contribution is -2.47. The first-order valence-corrected chi connectivity index (χ1v) is 13.3. The van der Waals surface area contributed by atoms with Crippen molar-refractivity contribution in [3.63, 3.8) is 0 Å². The van der Waals surface area contributed by atoms with Crippen molar-refractivity contribution in [3.05, 3.63) is 136 Å². The molecule has 4 aromatic rings. The van der Waals surface area contributed by atoms with Gasteiger partial charge in [0.15, 0.2) is 0 Å². The zero-order valence-corrected chi connectivity index (χ0v) is 22.7. The number of ether oxygens (including phenoxy) is 1. The molecule has 0 bridgehead atoms. The lowest BCUT2D eigenvalue weighted by Gasteiger charge is -2.37. The van der Waals surface area contributed by atoms with Gasteiger partial charge in [0, 0.05) is 11.1 Å². The van der Waals surface area contributed by atoms with E-state index < -0.39 is 35.7 Å².